The molecule has 2 rings (SSSR count). The van der Waals surface area contributed by atoms with Crippen molar-refractivity contribution in [2.24, 2.45) is 11.8 Å². The molecule has 2 heteroatoms. The largest absolute Gasteiger partial charge is 0.497 e. The summed E-state index contributed by atoms with van der Waals surface area (Å²) in [5.41, 5.74) is 0.998. The van der Waals surface area contributed by atoms with E-state index >= 15 is 0 Å². The predicted molar refractivity (Wildman–Crippen MR) is 78.3 cm³/mol. The molecule has 0 aromatic heterocycles. The van der Waals surface area contributed by atoms with Crippen molar-refractivity contribution in [3.8, 4) is 5.75 Å². The van der Waals surface area contributed by atoms with Crippen molar-refractivity contribution in [2.75, 3.05) is 7.11 Å². The molecule has 0 saturated heterocycles. The van der Waals surface area contributed by atoms with Gasteiger partial charge in [0.15, 0.2) is 0 Å². The average Bonchev–Trinajstić information content (AvgIpc) is 2.48. The van der Waals surface area contributed by atoms with E-state index in [1.807, 2.05) is 24.3 Å². The highest BCUT2D eigenvalue weighted by molar-refractivity contribution is 5.30. The average molecular weight is 262 g/mol. The maximum Gasteiger partial charge on any atom is 0.119 e. The van der Waals surface area contributed by atoms with Gasteiger partial charge in [-0.2, -0.15) is 0 Å². The number of aliphatic hydroxyl groups is 1. The van der Waals surface area contributed by atoms with Gasteiger partial charge in [-0.1, -0.05) is 44.7 Å². The summed E-state index contributed by atoms with van der Waals surface area (Å²) in [6.07, 6.45) is 7.17. The van der Waals surface area contributed by atoms with Crippen LogP contribution in [0.1, 0.15) is 57.1 Å². The third-order valence-electron chi connectivity index (χ3n) is 4.47. The molecule has 1 unspecified atom stereocenters. The Kier molecular flexibility index (Phi) is 5.26. The molecule has 1 saturated carbocycles. The minimum atomic E-state index is -0.335. The Hall–Kier alpha value is -1.02. The second kappa shape index (κ2) is 6.95. The van der Waals surface area contributed by atoms with E-state index in [2.05, 4.69) is 6.92 Å². The number of ether oxygens (including phenoxy) is 1. The first-order valence-corrected chi connectivity index (χ1v) is 7.56. The third kappa shape index (κ3) is 3.73. The van der Waals surface area contributed by atoms with Crippen molar-refractivity contribution in [3.05, 3.63) is 29.8 Å². The van der Waals surface area contributed by atoms with Gasteiger partial charge in [0.05, 0.1) is 13.2 Å². The Morgan fingerprint density at radius 2 is 2.00 bits per heavy atom. The predicted octanol–water partition coefficient (Wildman–Crippen LogP) is 4.34. The zero-order valence-corrected chi connectivity index (χ0v) is 12.1. The molecular formula is C17H26O2. The summed E-state index contributed by atoms with van der Waals surface area (Å²) in [5.74, 6) is 2.13. The van der Waals surface area contributed by atoms with Crippen molar-refractivity contribution >= 4 is 0 Å². The summed E-state index contributed by atoms with van der Waals surface area (Å²) in [5, 5.41) is 10.5. The Bertz CT molecular complexity index is 381. The van der Waals surface area contributed by atoms with E-state index in [4.69, 9.17) is 4.74 Å². The van der Waals surface area contributed by atoms with Gasteiger partial charge in [-0.15, -0.1) is 0 Å². The van der Waals surface area contributed by atoms with Crippen molar-refractivity contribution in [1.82, 2.24) is 0 Å². The fourth-order valence-electron chi connectivity index (χ4n) is 3.30. The lowest BCUT2D eigenvalue weighted by Crippen LogP contribution is -2.20. The first kappa shape index (κ1) is 14.4. The van der Waals surface area contributed by atoms with Crippen LogP contribution in [0.4, 0.5) is 0 Å². The quantitative estimate of drug-likeness (QED) is 0.855. The Morgan fingerprint density at radius 1 is 1.26 bits per heavy atom. The first-order chi connectivity index (χ1) is 9.24. The molecule has 1 fully saturated rings. The second-order valence-corrected chi connectivity index (χ2v) is 5.79. The highest BCUT2D eigenvalue weighted by Gasteiger charge is 2.27. The molecule has 1 aliphatic carbocycles. The van der Waals surface area contributed by atoms with Crippen molar-refractivity contribution < 1.29 is 9.84 Å². The van der Waals surface area contributed by atoms with Crippen LogP contribution in [0.2, 0.25) is 0 Å². The van der Waals surface area contributed by atoms with Crippen LogP contribution < -0.4 is 4.74 Å². The summed E-state index contributed by atoms with van der Waals surface area (Å²) in [4.78, 5) is 0. The Balaban J connectivity index is 1.94. The normalized spacial score (nSPS) is 25.0. The fraction of sp³-hybridized carbons (Fsp3) is 0.647. The van der Waals surface area contributed by atoms with Crippen molar-refractivity contribution in [3.63, 3.8) is 0 Å². The van der Waals surface area contributed by atoms with E-state index in [0.29, 0.717) is 5.92 Å². The third-order valence-corrected chi connectivity index (χ3v) is 4.47. The summed E-state index contributed by atoms with van der Waals surface area (Å²) in [7, 11) is 1.67. The smallest absolute Gasteiger partial charge is 0.119 e. The van der Waals surface area contributed by atoms with Gasteiger partial charge in [-0.25, -0.2) is 0 Å². The van der Waals surface area contributed by atoms with Gasteiger partial charge in [-0.3, -0.25) is 0 Å². The maximum atomic E-state index is 10.5. The van der Waals surface area contributed by atoms with Gasteiger partial charge in [-0.05, 0) is 42.4 Å². The monoisotopic (exact) mass is 262 g/mol. The zero-order chi connectivity index (χ0) is 13.7. The number of methoxy groups -OCH3 is 1. The maximum absolute atomic E-state index is 10.5. The lowest BCUT2D eigenvalue weighted by molar-refractivity contribution is 0.0720. The molecule has 1 aromatic carbocycles. The number of aliphatic hydroxyl groups excluding tert-OH is 1. The molecule has 19 heavy (non-hydrogen) atoms. The van der Waals surface area contributed by atoms with Gasteiger partial charge >= 0.3 is 0 Å². The molecule has 0 spiro atoms. The van der Waals surface area contributed by atoms with E-state index in [-0.39, 0.29) is 6.10 Å². The molecule has 1 aromatic rings. The molecule has 0 bridgehead atoms. The summed E-state index contributed by atoms with van der Waals surface area (Å²) >= 11 is 0. The van der Waals surface area contributed by atoms with Crippen LogP contribution in [0.25, 0.3) is 0 Å². The van der Waals surface area contributed by atoms with E-state index in [0.717, 1.165) is 30.1 Å². The number of hydrogen-bond donors (Lipinski definition) is 1. The lowest BCUT2D eigenvalue weighted by atomic mass is 9.76. The van der Waals surface area contributed by atoms with E-state index in [1.165, 1.54) is 25.7 Å². The minimum absolute atomic E-state index is 0.335. The van der Waals surface area contributed by atoms with Crippen LogP contribution in [0.3, 0.4) is 0 Å². The van der Waals surface area contributed by atoms with E-state index in [1.54, 1.807) is 7.11 Å². The molecule has 106 valence electrons. The van der Waals surface area contributed by atoms with Crippen molar-refractivity contribution in [1.29, 1.82) is 0 Å². The van der Waals surface area contributed by atoms with E-state index < -0.39 is 0 Å². The van der Waals surface area contributed by atoms with Crippen LogP contribution in [0.5, 0.6) is 5.75 Å². The van der Waals surface area contributed by atoms with Crippen LogP contribution in [-0.4, -0.2) is 12.2 Å². The first-order valence-electron chi connectivity index (χ1n) is 7.56. The van der Waals surface area contributed by atoms with Gasteiger partial charge in [0, 0.05) is 0 Å². The van der Waals surface area contributed by atoms with Gasteiger partial charge in [0.25, 0.3) is 0 Å². The molecule has 0 heterocycles. The number of benzene rings is 1. The number of rotatable bonds is 5. The molecular weight excluding hydrogens is 236 g/mol. The highest BCUT2D eigenvalue weighted by atomic mass is 16.5. The molecule has 0 amide bonds. The van der Waals surface area contributed by atoms with Crippen LogP contribution in [-0.2, 0) is 0 Å². The Morgan fingerprint density at radius 3 is 2.63 bits per heavy atom. The lowest BCUT2D eigenvalue weighted by Gasteiger charge is -2.31. The minimum Gasteiger partial charge on any atom is -0.497 e. The molecule has 0 radical (unpaired) electrons. The zero-order valence-electron chi connectivity index (χ0n) is 12.1. The van der Waals surface area contributed by atoms with E-state index in [9.17, 15) is 5.11 Å². The van der Waals surface area contributed by atoms with Crippen LogP contribution >= 0.6 is 0 Å². The van der Waals surface area contributed by atoms with Gasteiger partial charge in [0.1, 0.15) is 5.75 Å². The van der Waals surface area contributed by atoms with Crippen LogP contribution in [0.15, 0.2) is 24.3 Å². The summed E-state index contributed by atoms with van der Waals surface area (Å²) in [6.45, 7) is 2.26. The molecule has 1 atom stereocenters. The molecule has 2 nitrogen and oxygen atoms in total. The Labute approximate surface area is 116 Å². The fourth-order valence-corrected chi connectivity index (χ4v) is 3.30. The van der Waals surface area contributed by atoms with Crippen molar-refractivity contribution in [2.45, 2.75) is 51.6 Å². The summed E-state index contributed by atoms with van der Waals surface area (Å²) < 4.78 is 5.23. The standard InChI is InChI=1S/C17H26O2/c1-3-5-13-8-10-14(11-9-13)17(18)15-6-4-7-16(12-15)19-2/h4,6-7,12-14,17-18H,3,5,8-11H2,1-2H3. The SMILES string of the molecule is CCCC1CCC(C(O)c2cccc(OC)c2)CC1. The second-order valence-electron chi connectivity index (χ2n) is 5.79. The highest BCUT2D eigenvalue weighted by Crippen LogP contribution is 2.38. The number of hydrogen-bond acceptors (Lipinski definition) is 2. The molecule has 1 N–H and O–H groups in total. The summed E-state index contributed by atoms with van der Waals surface area (Å²) in [6, 6.07) is 7.85. The van der Waals surface area contributed by atoms with Crippen LogP contribution in [0, 0.1) is 11.8 Å². The molecule has 0 aliphatic heterocycles. The van der Waals surface area contributed by atoms with Gasteiger partial charge in [0.2, 0.25) is 0 Å². The molecule has 1 aliphatic rings. The topological polar surface area (TPSA) is 29.5 Å². The van der Waals surface area contributed by atoms with Gasteiger partial charge < -0.3 is 9.84 Å².